The van der Waals surface area contributed by atoms with Gasteiger partial charge in [0.1, 0.15) is 0 Å². The van der Waals surface area contributed by atoms with Gasteiger partial charge in [0, 0.05) is 12.6 Å². The smallest absolute Gasteiger partial charge is 0.307 e. The molecule has 1 aliphatic carbocycles. The maximum absolute atomic E-state index is 11.1. The molecule has 1 rings (SSSR count). The molecular weight excluding hydrogens is 202 g/mol. The van der Waals surface area contributed by atoms with Crippen molar-refractivity contribution < 1.29 is 9.90 Å². The van der Waals surface area contributed by atoms with E-state index < -0.39 is 5.97 Å². The Hall–Kier alpha value is -0.570. The molecule has 1 saturated carbocycles. The van der Waals surface area contributed by atoms with Crippen molar-refractivity contribution in [3.63, 3.8) is 0 Å². The zero-order chi connectivity index (χ0) is 12.1. The van der Waals surface area contributed by atoms with E-state index in [0.29, 0.717) is 18.5 Å². The highest BCUT2D eigenvalue weighted by molar-refractivity contribution is 5.70. The number of hydrogen-bond acceptors (Lipinski definition) is 2. The normalized spacial score (nSPS) is 26.5. The molecule has 0 heterocycles. The number of carboxylic acid groups (broad SMARTS) is 1. The lowest BCUT2D eigenvalue weighted by atomic mass is 9.77. The number of nitrogens with one attached hydrogen (secondary N) is 1. The van der Waals surface area contributed by atoms with Crippen molar-refractivity contribution in [1.82, 2.24) is 5.32 Å². The summed E-state index contributed by atoms with van der Waals surface area (Å²) in [6, 6.07) is 0.569. The predicted octanol–water partition coefficient (Wildman–Crippen LogP) is 2.51. The highest BCUT2D eigenvalue weighted by Gasteiger charge is 2.30. The van der Waals surface area contributed by atoms with Crippen LogP contribution in [0.2, 0.25) is 0 Å². The molecule has 0 aromatic carbocycles. The molecule has 94 valence electrons. The predicted molar refractivity (Wildman–Crippen MR) is 65.4 cm³/mol. The zero-order valence-electron chi connectivity index (χ0n) is 10.7. The lowest BCUT2D eigenvalue weighted by molar-refractivity contribution is -0.142. The van der Waals surface area contributed by atoms with Crippen LogP contribution in [0.4, 0.5) is 0 Å². The number of carboxylic acids is 1. The van der Waals surface area contributed by atoms with E-state index in [1.54, 1.807) is 0 Å². The monoisotopic (exact) mass is 227 g/mol. The second-order valence-electron chi connectivity index (χ2n) is 5.43. The Morgan fingerprint density at radius 2 is 2.12 bits per heavy atom. The SMILES string of the molecule is CCC1CCC1NCC(CC(C)C)C(=O)O. The fourth-order valence-corrected chi connectivity index (χ4v) is 2.46. The molecule has 0 aromatic rings. The topological polar surface area (TPSA) is 49.3 Å². The molecule has 1 fully saturated rings. The minimum atomic E-state index is -0.659. The Bertz CT molecular complexity index is 226. The minimum Gasteiger partial charge on any atom is -0.481 e. The molecule has 0 radical (unpaired) electrons. The molecule has 0 spiro atoms. The van der Waals surface area contributed by atoms with Crippen molar-refractivity contribution in [1.29, 1.82) is 0 Å². The quantitative estimate of drug-likeness (QED) is 0.702. The third-order valence-electron chi connectivity index (χ3n) is 3.67. The van der Waals surface area contributed by atoms with E-state index in [-0.39, 0.29) is 5.92 Å². The van der Waals surface area contributed by atoms with Crippen LogP contribution in [-0.2, 0) is 4.79 Å². The molecule has 0 bridgehead atoms. The highest BCUT2D eigenvalue weighted by atomic mass is 16.4. The van der Waals surface area contributed by atoms with Crippen LogP contribution in [-0.4, -0.2) is 23.7 Å². The van der Waals surface area contributed by atoms with Gasteiger partial charge in [-0.15, -0.1) is 0 Å². The summed E-state index contributed by atoms with van der Waals surface area (Å²) in [5.74, 6) is 0.339. The molecule has 0 aromatic heterocycles. The third-order valence-corrected chi connectivity index (χ3v) is 3.67. The van der Waals surface area contributed by atoms with Gasteiger partial charge >= 0.3 is 5.97 Å². The third kappa shape index (κ3) is 3.78. The van der Waals surface area contributed by atoms with Gasteiger partial charge in [0.15, 0.2) is 0 Å². The van der Waals surface area contributed by atoms with Gasteiger partial charge in [-0.05, 0) is 31.1 Å². The summed E-state index contributed by atoms with van der Waals surface area (Å²) < 4.78 is 0. The van der Waals surface area contributed by atoms with Crippen LogP contribution in [0, 0.1) is 17.8 Å². The largest absolute Gasteiger partial charge is 0.481 e. The Labute approximate surface area is 98.6 Å². The summed E-state index contributed by atoms with van der Waals surface area (Å²) in [5.41, 5.74) is 0. The highest BCUT2D eigenvalue weighted by Crippen LogP contribution is 2.30. The lowest BCUT2D eigenvalue weighted by Gasteiger charge is -2.37. The van der Waals surface area contributed by atoms with Gasteiger partial charge in [0.05, 0.1) is 5.92 Å². The molecule has 0 amide bonds. The van der Waals surface area contributed by atoms with Crippen molar-refractivity contribution >= 4 is 5.97 Å². The number of hydrogen-bond donors (Lipinski definition) is 2. The molecule has 0 saturated heterocycles. The summed E-state index contributed by atoms with van der Waals surface area (Å²) in [4.78, 5) is 11.1. The van der Waals surface area contributed by atoms with Crippen molar-refractivity contribution in [2.24, 2.45) is 17.8 Å². The van der Waals surface area contributed by atoms with Gasteiger partial charge in [0.25, 0.3) is 0 Å². The average molecular weight is 227 g/mol. The van der Waals surface area contributed by atoms with E-state index >= 15 is 0 Å². The summed E-state index contributed by atoms with van der Waals surface area (Å²) in [5, 5.41) is 12.5. The van der Waals surface area contributed by atoms with Crippen molar-refractivity contribution in [2.75, 3.05) is 6.54 Å². The van der Waals surface area contributed by atoms with E-state index in [9.17, 15) is 4.79 Å². The van der Waals surface area contributed by atoms with Gasteiger partial charge in [-0.2, -0.15) is 0 Å². The maximum Gasteiger partial charge on any atom is 0.307 e. The van der Waals surface area contributed by atoms with Crippen LogP contribution in [0.15, 0.2) is 0 Å². The Balaban J connectivity index is 2.29. The first-order valence-electron chi connectivity index (χ1n) is 6.50. The van der Waals surface area contributed by atoms with E-state index in [0.717, 1.165) is 12.3 Å². The zero-order valence-corrected chi connectivity index (χ0v) is 10.7. The van der Waals surface area contributed by atoms with Crippen molar-refractivity contribution in [2.45, 2.75) is 52.5 Å². The first-order valence-corrected chi connectivity index (χ1v) is 6.50. The van der Waals surface area contributed by atoms with Gasteiger partial charge in [0.2, 0.25) is 0 Å². The molecular formula is C13H25NO2. The van der Waals surface area contributed by atoms with Crippen LogP contribution >= 0.6 is 0 Å². The first kappa shape index (κ1) is 13.5. The van der Waals surface area contributed by atoms with Gasteiger partial charge in [-0.3, -0.25) is 4.79 Å². The Kier molecular flexibility index (Phi) is 5.26. The van der Waals surface area contributed by atoms with Crippen molar-refractivity contribution in [3.8, 4) is 0 Å². The standard InChI is InChI=1S/C13H25NO2/c1-4-10-5-6-12(10)14-8-11(13(15)16)7-9(2)3/h9-12,14H,4-8H2,1-3H3,(H,15,16). The fourth-order valence-electron chi connectivity index (χ4n) is 2.46. The van der Waals surface area contributed by atoms with Gasteiger partial charge in [-0.1, -0.05) is 27.2 Å². The molecule has 1 aliphatic rings. The molecule has 3 atom stereocenters. The van der Waals surface area contributed by atoms with E-state index in [4.69, 9.17) is 5.11 Å². The molecule has 3 heteroatoms. The summed E-state index contributed by atoms with van der Waals surface area (Å²) in [6.45, 7) is 7.00. The molecule has 0 aliphatic heterocycles. The van der Waals surface area contributed by atoms with Gasteiger partial charge in [-0.25, -0.2) is 0 Å². The van der Waals surface area contributed by atoms with Crippen molar-refractivity contribution in [3.05, 3.63) is 0 Å². The summed E-state index contributed by atoms with van der Waals surface area (Å²) >= 11 is 0. The fraction of sp³-hybridized carbons (Fsp3) is 0.923. The summed E-state index contributed by atoms with van der Waals surface area (Å²) in [6.07, 6.45) is 4.49. The molecule has 3 nitrogen and oxygen atoms in total. The van der Waals surface area contributed by atoms with E-state index in [2.05, 4.69) is 26.1 Å². The summed E-state index contributed by atoms with van der Waals surface area (Å²) in [7, 11) is 0. The lowest BCUT2D eigenvalue weighted by Crippen LogP contribution is -2.46. The number of aliphatic carboxylic acids is 1. The Morgan fingerprint density at radius 3 is 2.50 bits per heavy atom. The minimum absolute atomic E-state index is 0.224. The second-order valence-corrected chi connectivity index (χ2v) is 5.43. The van der Waals surface area contributed by atoms with Gasteiger partial charge < -0.3 is 10.4 Å². The maximum atomic E-state index is 11.1. The van der Waals surface area contributed by atoms with Crippen LogP contribution in [0.3, 0.4) is 0 Å². The second kappa shape index (κ2) is 6.24. The van der Waals surface area contributed by atoms with E-state index in [1.165, 1.54) is 19.3 Å². The van der Waals surface area contributed by atoms with Crippen LogP contribution < -0.4 is 5.32 Å². The number of carbonyl (C=O) groups is 1. The molecule has 2 N–H and O–H groups in total. The average Bonchev–Trinajstić information content (AvgIpc) is 2.14. The number of rotatable bonds is 7. The van der Waals surface area contributed by atoms with Crippen LogP contribution in [0.25, 0.3) is 0 Å². The molecule has 3 unspecified atom stereocenters. The van der Waals surface area contributed by atoms with E-state index in [1.807, 2.05) is 0 Å². The molecule has 16 heavy (non-hydrogen) atoms. The van der Waals surface area contributed by atoms with Crippen LogP contribution in [0.5, 0.6) is 0 Å². The van der Waals surface area contributed by atoms with Crippen LogP contribution in [0.1, 0.15) is 46.5 Å². The first-order chi connectivity index (χ1) is 7.54. The Morgan fingerprint density at radius 1 is 1.44 bits per heavy atom.